The first kappa shape index (κ1) is 14.3. The van der Waals surface area contributed by atoms with Crippen molar-refractivity contribution in [3.63, 3.8) is 0 Å². The van der Waals surface area contributed by atoms with Gasteiger partial charge in [-0.2, -0.15) is 13.2 Å². The average molecular weight is 266 g/mol. The Morgan fingerprint density at radius 2 is 1.88 bits per heavy atom. The minimum Gasteiger partial charge on any atom is -0.313 e. The van der Waals surface area contributed by atoms with Crippen molar-refractivity contribution in [3.8, 4) is 0 Å². The summed E-state index contributed by atoms with van der Waals surface area (Å²) in [6, 6.07) is 7.68. The fourth-order valence-corrected chi connectivity index (χ4v) is 1.64. The van der Waals surface area contributed by atoms with Gasteiger partial charge in [-0.1, -0.05) is 24.3 Å². The summed E-state index contributed by atoms with van der Waals surface area (Å²) in [4.78, 5) is 0. The van der Waals surface area contributed by atoms with E-state index in [0.717, 1.165) is 11.1 Å². The number of hydrogen-bond donors (Lipinski definition) is 1. The maximum Gasteiger partial charge on any atom is 0.389 e. The van der Waals surface area contributed by atoms with Crippen LogP contribution in [0.25, 0.3) is 0 Å². The molecule has 1 N–H and O–H groups in total. The number of benzene rings is 1. The van der Waals surface area contributed by atoms with Crippen molar-refractivity contribution in [2.24, 2.45) is 0 Å². The summed E-state index contributed by atoms with van der Waals surface area (Å²) in [6.07, 6.45) is -4.68. The smallest absolute Gasteiger partial charge is 0.313 e. The molecule has 0 bridgehead atoms. The highest BCUT2D eigenvalue weighted by Crippen LogP contribution is 2.20. The molecule has 0 radical (unpaired) electrons. The molecule has 96 valence electrons. The third-order valence-corrected chi connectivity index (χ3v) is 2.60. The largest absolute Gasteiger partial charge is 0.389 e. The van der Waals surface area contributed by atoms with E-state index in [0.29, 0.717) is 19.0 Å². The molecule has 0 fully saturated rings. The molecular formula is C12H15ClF3N. The van der Waals surface area contributed by atoms with Crippen molar-refractivity contribution in [2.45, 2.75) is 31.4 Å². The molecule has 17 heavy (non-hydrogen) atoms. The van der Waals surface area contributed by atoms with E-state index in [1.807, 2.05) is 24.3 Å². The summed E-state index contributed by atoms with van der Waals surface area (Å²) in [5, 5.41) is 2.98. The number of rotatable bonds is 6. The van der Waals surface area contributed by atoms with Gasteiger partial charge in [0.1, 0.15) is 0 Å². The van der Waals surface area contributed by atoms with Crippen LogP contribution in [-0.4, -0.2) is 12.7 Å². The van der Waals surface area contributed by atoms with Crippen molar-refractivity contribution in [1.82, 2.24) is 5.32 Å². The van der Waals surface area contributed by atoms with Crippen molar-refractivity contribution >= 4 is 11.6 Å². The second kappa shape index (κ2) is 6.87. The normalized spacial score (nSPS) is 11.8. The molecule has 5 heteroatoms. The van der Waals surface area contributed by atoms with Crippen LogP contribution in [0.2, 0.25) is 0 Å². The van der Waals surface area contributed by atoms with E-state index in [9.17, 15) is 13.2 Å². The van der Waals surface area contributed by atoms with Gasteiger partial charge in [-0.3, -0.25) is 0 Å². The van der Waals surface area contributed by atoms with Gasteiger partial charge in [-0.05, 0) is 24.1 Å². The van der Waals surface area contributed by atoms with Crippen LogP contribution in [0.4, 0.5) is 13.2 Å². The molecule has 0 amide bonds. The fourth-order valence-electron chi connectivity index (χ4n) is 1.47. The Labute approximate surface area is 104 Å². The highest BCUT2D eigenvalue weighted by atomic mass is 35.5. The Hall–Kier alpha value is -0.740. The Morgan fingerprint density at radius 1 is 1.18 bits per heavy atom. The summed E-state index contributed by atoms with van der Waals surface area (Å²) in [5.41, 5.74) is 2.05. The molecule has 0 aliphatic heterocycles. The molecule has 0 heterocycles. The standard InChI is InChI=1S/C12H15ClF3N/c13-8-10-3-1-4-11(7-10)9-17-6-2-5-12(14,15)16/h1,3-4,7,17H,2,5-6,8-9H2. The zero-order chi connectivity index (χ0) is 12.7. The first-order valence-corrected chi connectivity index (χ1v) is 5.96. The van der Waals surface area contributed by atoms with E-state index in [2.05, 4.69) is 5.32 Å². The molecule has 1 nitrogen and oxygen atoms in total. The lowest BCUT2D eigenvalue weighted by Crippen LogP contribution is -2.17. The summed E-state index contributed by atoms with van der Waals surface area (Å²) in [7, 11) is 0. The molecule has 0 saturated heterocycles. The van der Waals surface area contributed by atoms with Gasteiger partial charge in [0.15, 0.2) is 0 Å². The molecule has 1 rings (SSSR count). The van der Waals surface area contributed by atoms with E-state index in [1.54, 1.807) is 0 Å². The van der Waals surface area contributed by atoms with Crippen LogP contribution in [0.15, 0.2) is 24.3 Å². The maximum atomic E-state index is 11.9. The first-order valence-electron chi connectivity index (χ1n) is 5.42. The van der Waals surface area contributed by atoms with Gasteiger partial charge in [-0.25, -0.2) is 0 Å². The van der Waals surface area contributed by atoms with Crippen LogP contribution in [-0.2, 0) is 12.4 Å². The fraction of sp³-hybridized carbons (Fsp3) is 0.500. The van der Waals surface area contributed by atoms with Crippen LogP contribution < -0.4 is 5.32 Å². The van der Waals surface area contributed by atoms with Crippen LogP contribution in [0, 0.1) is 0 Å². The van der Waals surface area contributed by atoms with E-state index >= 15 is 0 Å². The lowest BCUT2D eigenvalue weighted by Gasteiger charge is -2.08. The predicted molar refractivity (Wildman–Crippen MR) is 63.0 cm³/mol. The highest BCUT2D eigenvalue weighted by molar-refractivity contribution is 6.17. The molecular weight excluding hydrogens is 251 g/mol. The van der Waals surface area contributed by atoms with Crippen molar-refractivity contribution in [1.29, 1.82) is 0 Å². The number of alkyl halides is 4. The molecule has 0 aliphatic rings. The van der Waals surface area contributed by atoms with E-state index < -0.39 is 12.6 Å². The predicted octanol–water partition coefficient (Wildman–Crippen LogP) is 3.86. The second-order valence-electron chi connectivity index (χ2n) is 3.85. The summed E-state index contributed by atoms with van der Waals surface area (Å²) in [6.45, 7) is 0.938. The lowest BCUT2D eigenvalue weighted by molar-refractivity contribution is -0.135. The minimum absolute atomic E-state index is 0.110. The molecule has 0 unspecified atom stereocenters. The average Bonchev–Trinajstić information content (AvgIpc) is 2.27. The Bertz CT molecular complexity index is 339. The monoisotopic (exact) mass is 265 g/mol. The van der Waals surface area contributed by atoms with Crippen LogP contribution in [0.5, 0.6) is 0 Å². The quantitative estimate of drug-likeness (QED) is 0.608. The molecule has 0 aromatic heterocycles. The van der Waals surface area contributed by atoms with Gasteiger partial charge in [0, 0.05) is 18.8 Å². The van der Waals surface area contributed by atoms with E-state index in [4.69, 9.17) is 11.6 Å². The summed E-state index contributed by atoms with van der Waals surface area (Å²) < 4.78 is 35.6. The molecule has 1 aromatic carbocycles. The van der Waals surface area contributed by atoms with Gasteiger partial charge >= 0.3 is 6.18 Å². The third-order valence-electron chi connectivity index (χ3n) is 2.29. The second-order valence-corrected chi connectivity index (χ2v) is 4.12. The highest BCUT2D eigenvalue weighted by Gasteiger charge is 2.25. The van der Waals surface area contributed by atoms with Crippen LogP contribution >= 0.6 is 11.6 Å². The number of nitrogens with one attached hydrogen (secondary N) is 1. The summed E-state index contributed by atoms with van der Waals surface area (Å²) in [5.74, 6) is 0.446. The number of halogens is 4. The van der Waals surface area contributed by atoms with E-state index in [-0.39, 0.29) is 6.42 Å². The van der Waals surface area contributed by atoms with Crippen molar-refractivity contribution < 1.29 is 13.2 Å². The third kappa shape index (κ3) is 6.54. The summed E-state index contributed by atoms with van der Waals surface area (Å²) >= 11 is 5.69. The van der Waals surface area contributed by atoms with Gasteiger partial charge in [0.05, 0.1) is 0 Å². The molecule has 0 saturated carbocycles. The van der Waals surface area contributed by atoms with Crippen molar-refractivity contribution in [3.05, 3.63) is 35.4 Å². The molecule has 0 spiro atoms. The Kier molecular flexibility index (Phi) is 5.78. The molecule has 1 aromatic rings. The van der Waals surface area contributed by atoms with Gasteiger partial charge in [0.2, 0.25) is 0 Å². The first-order chi connectivity index (χ1) is 8.01. The SMILES string of the molecule is FC(F)(F)CCCNCc1cccc(CCl)c1. The molecule has 0 aliphatic carbocycles. The van der Waals surface area contributed by atoms with E-state index in [1.165, 1.54) is 0 Å². The van der Waals surface area contributed by atoms with Crippen LogP contribution in [0.1, 0.15) is 24.0 Å². The topological polar surface area (TPSA) is 12.0 Å². The molecule has 0 atom stereocenters. The van der Waals surface area contributed by atoms with Gasteiger partial charge in [0.25, 0.3) is 0 Å². The van der Waals surface area contributed by atoms with Crippen molar-refractivity contribution in [2.75, 3.05) is 6.54 Å². The minimum atomic E-state index is -4.06. The number of hydrogen-bond acceptors (Lipinski definition) is 1. The van der Waals surface area contributed by atoms with Gasteiger partial charge < -0.3 is 5.32 Å². The lowest BCUT2D eigenvalue weighted by atomic mass is 10.1. The maximum absolute atomic E-state index is 11.9. The van der Waals surface area contributed by atoms with Gasteiger partial charge in [-0.15, -0.1) is 11.6 Å². The zero-order valence-corrected chi connectivity index (χ0v) is 10.1. The van der Waals surface area contributed by atoms with Crippen LogP contribution in [0.3, 0.4) is 0 Å². The Morgan fingerprint density at radius 3 is 2.53 bits per heavy atom. The zero-order valence-electron chi connectivity index (χ0n) is 9.36. The Balaban J connectivity index is 2.22.